The number of hydrogen-bond acceptors (Lipinski definition) is 5. The van der Waals surface area contributed by atoms with Crippen LogP contribution in [0, 0.1) is 11.6 Å². The first kappa shape index (κ1) is 23.6. The van der Waals surface area contributed by atoms with E-state index < -0.39 is 47.5 Å². The molecule has 0 bridgehead atoms. The molecule has 1 aliphatic heterocycles. The van der Waals surface area contributed by atoms with Gasteiger partial charge in [0, 0.05) is 17.3 Å². The summed E-state index contributed by atoms with van der Waals surface area (Å²) in [6.45, 7) is 2.58. The highest BCUT2D eigenvalue weighted by Gasteiger charge is 2.50. The lowest BCUT2D eigenvalue weighted by atomic mass is 9.91. The molecule has 1 aliphatic rings. The van der Waals surface area contributed by atoms with E-state index >= 15 is 0 Å². The van der Waals surface area contributed by atoms with Crippen LogP contribution in [0.3, 0.4) is 0 Å². The summed E-state index contributed by atoms with van der Waals surface area (Å²) in [5, 5.41) is 4.88. The second-order valence-corrected chi connectivity index (χ2v) is 7.33. The van der Waals surface area contributed by atoms with Gasteiger partial charge < -0.3 is 15.4 Å². The molecule has 0 aromatic heterocycles. The van der Waals surface area contributed by atoms with Gasteiger partial charge in [0.15, 0.2) is 0 Å². The van der Waals surface area contributed by atoms with Crippen molar-refractivity contribution in [1.82, 2.24) is 10.2 Å². The Kier molecular flexibility index (Phi) is 6.86. The van der Waals surface area contributed by atoms with Crippen molar-refractivity contribution in [3.8, 4) is 0 Å². The summed E-state index contributed by atoms with van der Waals surface area (Å²) in [5.74, 6) is -3.67. The molecule has 3 rings (SSSR count). The van der Waals surface area contributed by atoms with E-state index in [0.717, 1.165) is 18.2 Å². The van der Waals surface area contributed by atoms with Crippen LogP contribution >= 0.6 is 0 Å². The lowest BCUT2D eigenvalue weighted by Gasteiger charge is -2.22. The fourth-order valence-corrected chi connectivity index (χ4v) is 3.28. The molecule has 0 radical (unpaired) electrons. The van der Waals surface area contributed by atoms with E-state index in [1.165, 1.54) is 13.0 Å². The first-order chi connectivity index (χ1) is 15.6. The highest BCUT2D eigenvalue weighted by molar-refractivity contribution is 6.10. The van der Waals surface area contributed by atoms with E-state index in [4.69, 9.17) is 4.74 Å². The molecule has 2 N–H and O–H groups in total. The van der Waals surface area contributed by atoms with Crippen LogP contribution in [0.2, 0.25) is 0 Å². The third-order valence-electron chi connectivity index (χ3n) is 4.94. The summed E-state index contributed by atoms with van der Waals surface area (Å²) in [4.78, 5) is 49.6. The Morgan fingerprint density at radius 1 is 1.15 bits per heavy atom. The lowest BCUT2D eigenvalue weighted by molar-refractivity contribution is -0.137. The molecule has 0 aliphatic carbocycles. The van der Waals surface area contributed by atoms with Gasteiger partial charge in [-0.2, -0.15) is 0 Å². The van der Waals surface area contributed by atoms with E-state index in [1.807, 2.05) is 0 Å². The minimum atomic E-state index is -1.85. The van der Waals surface area contributed by atoms with Gasteiger partial charge in [0.05, 0.1) is 6.61 Å². The molecule has 0 spiro atoms. The number of rotatable bonds is 7. The first-order valence-electron chi connectivity index (χ1n) is 9.98. The molecule has 172 valence electrons. The number of carbonyl (C=O) groups excluding carboxylic acids is 4. The average molecular weight is 457 g/mol. The smallest absolute Gasteiger partial charge is 0.330 e. The van der Waals surface area contributed by atoms with E-state index in [2.05, 4.69) is 10.6 Å². The molecule has 2 aromatic rings. The molecule has 10 heteroatoms. The number of esters is 1. The molecular formula is C23H21F2N3O5. The fourth-order valence-electron chi connectivity index (χ4n) is 3.28. The monoisotopic (exact) mass is 457 g/mol. The van der Waals surface area contributed by atoms with Crippen LogP contribution in [0.15, 0.2) is 48.5 Å². The Balaban J connectivity index is 1.66. The highest BCUT2D eigenvalue weighted by Crippen LogP contribution is 2.31. The zero-order valence-corrected chi connectivity index (χ0v) is 17.9. The summed E-state index contributed by atoms with van der Waals surface area (Å²) in [6.07, 6.45) is 2.82. The number of nitrogens with one attached hydrogen (secondary N) is 2. The minimum absolute atomic E-state index is 0.266. The van der Waals surface area contributed by atoms with Gasteiger partial charge in [0.1, 0.15) is 23.7 Å². The van der Waals surface area contributed by atoms with Crippen LogP contribution in [0.4, 0.5) is 19.3 Å². The third kappa shape index (κ3) is 5.22. The van der Waals surface area contributed by atoms with Gasteiger partial charge >= 0.3 is 12.0 Å². The van der Waals surface area contributed by atoms with Crippen LogP contribution in [0.5, 0.6) is 0 Å². The number of anilines is 1. The zero-order chi connectivity index (χ0) is 24.2. The van der Waals surface area contributed by atoms with Gasteiger partial charge in [-0.05, 0) is 55.8 Å². The summed E-state index contributed by atoms with van der Waals surface area (Å²) in [6, 6.07) is 8.10. The number of urea groups is 1. The predicted molar refractivity (Wildman–Crippen MR) is 115 cm³/mol. The van der Waals surface area contributed by atoms with Crippen molar-refractivity contribution in [3.63, 3.8) is 0 Å². The van der Waals surface area contributed by atoms with Crippen LogP contribution in [0.25, 0.3) is 6.08 Å². The second-order valence-electron chi connectivity index (χ2n) is 7.33. The van der Waals surface area contributed by atoms with E-state index in [-0.39, 0.29) is 12.2 Å². The maximum Gasteiger partial charge on any atom is 0.330 e. The van der Waals surface area contributed by atoms with Crippen LogP contribution < -0.4 is 10.6 Å². The van der Waals surface area contributed by atoms with Crippen molar-refractivity contribution in [2.24, 2.45) is 0 Å². The van der Waals surface area contributed by atoms with Crippen molar-refractivity contribution in [2.45, 2.75) is 19.4 Å². The number of nitrogens with zero attached hydrogens (tertiary/aromatic N) is 1. The normalized spacial score (nSPS) is 17.9. The Labute approximate surface area is 188 Å². The molecule has 33 heavy (non-hydrogen) atoms. The summed E-state index contributed by atoms with van der Waals surface area (Å²) in [5.41, 5.74) is -1.12. The Morgan fingerprint density at radius 2 is 1.85 bits per heavy atom. The lowest BCUT2D eigenvalue weighted by Crippen LogP contribution is -2.42. The maximum absolute atomic E-state index is 14.2. The van der Waals surface area contributed by atoms with Crippen molar-refractivity contribution < 1.29 is 32.7 Å². The van der Waals surface area contributed by atoms with Crippen LogP contribution in [-0.4, -0.2) is 41.9 Å². The number of hydrogen-bond donors (Lipinski definition) is 2. The average Bonchev–Trinajstić information content (AvgIpc) is 2.99. The summed E-state index contributed by atoms with van der Waals surface area (Å²) >= 11 is 0. The van der Waals surface area contributed by atoms with Crippen molar-refractivity contribution in [1.29, 1.82) is 0 Å². The number of ether oxygens (including phenoxy) is 1. The second kappa shape index (κ2) is 9.60. The molecule has 4 amide bonds. The fraction of sp³-hybridized carbons (Fsp3) is 0.217. The van der Waals surface area contributed by atoms with Gasteiger partial charge in [-0.1, -0.05) is 12.1 Å². The maximum atomic E-state index is 14.2. The predicted octanol–water partition coefficient (Wildman–Crippen LogP) is 2.95. The Bertz CT molecular complexity index is 1130. The number of amides is 4. The van der Waals surface area contributed by atoms with E-state index in [9.17, 15) is 28.0 Å². The van der Waals surface area contributed by atoms with Gasteiger partial charge in [0.25, 0.3) is 5.91 Å². The van der Waals surface area contributed by atoms with Gasteiger partial charge in [-0.15, -0.1) is 0 Å². The standard InChI is InChI=1S/C23H21F2N3O5/c1-3-33-20(30)11-6-14-4-8-16(9-5-14)26-19(29)13-28-21(31)23(2,27-22(28)32)17-12-15(24)7-10-18(17)25/h4-12H,3,13H2,1-2H3,(H,26,29)(H,27,32)/b11-6+. The SMILES string of the molecule is CCOC(=O)/C=C/c1ccc(NC(=O)CN2C(=O)NC(C)(c3cc(F)ccc3F)C2=O)cc1. The molecule has 0 saturated carbocycles. The highest BCUT2D eigenvalue weighted by atomic mass is 19.1. The summed E-state index contributed by atoms with van der Waals surface area (Å²) in [7, 11) is 0. The molecule has 1 heterocycles. The quantitative estimate of drug-likeness (QED) is 0.378. The Hall–Kier alpha value is -4.08. The van der Waals surface area contributed by atoms with Crippen molar-refractivity contribution >= 4 is 35.6 Å². The molecule has 1 unspecified atom stereocenters. The molecule has 1 saturated heterocycles. The molecule has 1 atom stereocenters. The molecule has 1 fully saturated rings. The van der Waals surface area contributed by atoms with E-state index in [1.54, 1.807) is 37.3 Å². The van der Waals surface area contributed by atoms with E-state index in [0.29, 0.717) is 16.2 Å². The van der Waals surface area contributed by atoms with Crippen LogP contribution in [-0.2, 0) is 24.7 Å². The number of halogens is 2. The van der Waals surface area contributed by atoms with Crippen LogP contribution in [0.1, 0.15) is 25.0 Å². The van der Waals surface area contributed by atoms with Crippen molar-refractivity contribution in [2.75, 3.05) is 18.5 Å². The molecule has 2 aromatic carbocycles. The molecule has 8 nitrogen and oxygen atoms in total. The number of carbonyl (C=O) groups is 4. The topological polar surface area (TPSA) is 105 Å². The van der Waals surface area contributed by atoms with Crippen molar-refractivity contribution in [3.05, 3.63) is 71.3 Å². The van der Waals surface area contributed by atoms with Gasteiger partial charge in [-0.25, -0.2) is 18.4 Å². The van der Waals surface area contributed by atoms with Gasteiger partial charge in [0.2, 0.25) is 5.91 Å². The Morgan fingerprint density at radius 3 is 2.52 bits per heavy atom. The zero-order valence-electron chi connectivity index (χ0n) is 17.9. The first-order valence-corrected chi connectivity index (χ1v) is 9.98. The summed E-state index contributed by atoms with van der Waals surface area (Å²) < 4.78 is 32.6. The minimum Gasteiger partial charge on any atom is -0.463 e. The third-order valence-corrected chi connectivity index (χ3v) is 4.94. The van der Waals surface area contributed by atoms with Gasteiger partial charge in [-0.3, -0.25) is 14.5 Å². The largest absolute Gasteiger partial charge is 0.463 e. The number of benzene rings is 2. The number of imide groups is 1. The molecular weight excluding hydrogens is 436 g/mol.